The average Bonchev–Trinajstić information content (AvgIpc) is 3.08. The number of aryl methyl sites for hydroxylation is 1. The molecule has 0 saturated carbocycles. The lowest BCUT2D eigenvalue weighted by Crippen LogP contribution is -2.48. The van der Waals surface area contributed by atoms with E-state index in [1.165, 1.54) is 16.8 Å². The molecule has 2 fully saturated rings. The zero-order valence-corrected chi connectivity index (χ0v) is 27.5. The van der Waals surface area contributed by atoms with Gasteiger partial charge >= 0.3 is 0 Å². The molecule has 6 rings (SSSR count). The van der Waals surface area contributed by atoms with Crippen molar-refractivity contribution in [1.82, 2.24) is 19.9 Å². The van der Waals surface area contributed by atoms with E-state index in [0.717, 1.165) is 37.1 Å². The maximum Gasteiger partial charge on any atom is 0.264 e. The van der Waals surface area contributed by atoms with Gasteiger partial charge in [0.25, 0.3) is 10.0 Å². The van der Waals surface area contributed by atoms with Crippen LogP contribution in [0.5, 0.6) is 5.75 Å². The third-order valence-electron chi connectivity index (χ3n) is 8.54. The van der Waals surface area contributed by atoms with Crippen LogP contribution in [0.1, 0.15) is 37.3 Å². The van der Waals surface area contributed by atoms with Gasteiger partial charge in [0.05, 0.1) is 17.1 Å². The number of hydrogen-bond acceptors (Lipinski definition) is 10. The second kappa shape index (κ2) is 13.8. The number of sulfonamides is 1. The highest BCUT2D eigenvalue weighted by molar-refractivity contribution is 7.92. The molecule has 2 saturated heterocycles. The van der Waals surface area contributed by atoms with Crippen LogP contribution in [0.25, 0.3) is 0 Å². The van der Waals surface area contributed by atoms with Crippen LogP contribution in [-0.4, -0.2) is 78.6 Å². The first-order valence-electron chi connectivity index (χ1n) is 15.9. The molecule has 246 valence electrons. The maximum atomic E-state index is 14.0. The number of benzene rings is 3. The Kier molecular flexibility index (Phi) is 9.43. The molecule has 2 aliphatic heterocycles. The number of phenolic OH excluding ortho intramolecular Hbond substituents is 1. The van der Waals surface area contributed by atoms with Crippen LogP contribution in [-0.2, 0) is 21.4 Å². The lowest BCUT2D eigenvalue weighted by molar-refractivity contribution is -0.129. The molecule has 12 nitrogen and oxygen atoms in total. The molecule has 0 radical (unpaired) electrons. The van der Waals surface area contributed by atoms with E-state index >= 15 is 0 Å². The third kappa shape index (κ3) is 7.40. The Morgan fingerprint density at radius 2 is 1.47 bits per heavy atom. The van der Waals surface area contributed by atoms with E-state index in [1.807, 2.05) is 42.2 Å². The fourth-order valence-electron chi connectivity index (χ4n) is 5.84. The summed E-state index contributed by atoms with van der Waals surface area (Å²) in [7, 11) is -4.02. The largest absolute Gasteiger partial charge is 0.506 e. The van der Waals surface area contributed by atoms with Crippen molar-refractivity contribution in [3.05, 3.63) is 83.9 Å². The minimum atomic E-state index is -4.02. The summed E-state index contributed by atoms with van der Waals surface area (Å²) in [5.74, 6) is 1.24. The summed E-state index contributed by atoms with van der Waals surface area (Å²) < 4.78 is 29.1. The van der Waals surface area contributed by atoms with E-state index < -0.39 is 10.0 Å². The molecule has 3 heterocycles. The average molecular weight is 657 g/mol. The van der Waals surface area contributed by atoms with Gasteiger partial charge in [-0.05, 0) is 56.0 Å². The molecule has 47 heavy (non-hydrogen) atoms. The van der Waals surface area contributed by atoms with Gasteiger partial charge in [-0.15, -0.1) is 0 Å². The standard InChI is InChI=1S/C34H40N8O4S/c1-25-11-14-29(15-12-25)47(45,46)42(24-27-9-5-3-6-10-27)30-16-13-28(23-31(30)44)35-32-36-33(40-17-7-4-8-18-40)38-34(37-32)41-21-19-39(20-22-41)26(2)43/h3,5-6,9-16,23,44H,4,7-8,17-22,24H2,1-2H3,(H,35,36,37,38). The van der Waals surface area contributed by atoms with Gasteiger partial charge < -0.3 is 25.1 Å². The van der Waals surface area contributed by atoms with Crippen molar-refractivity contribution in [2.45, 2.75) is 44.6 Å². The number of carbonyl (C=O) groups is 1. The number of amides is 1. The van der Waals surface area contributed by atoms with Crippen molar-refractivity contribution >= 4 is 45.2 Å². The van der Waals surface area contributed by atoms with Gasteiger partial charge in [-0.25, -0.2) is 8.42 Å². The van der Waals surface area contributed by atoms with E-state index in [2.05, 4.69) is 15.1 Å². The Balaban J connectivity index is 1.31. The Labute approximate surface area is 275 Å². The number of aromatic hydroxyl groups is 1. The molecule has 1 aromatic heterocycles. The van der Waals surface area contributed by atoms with Crippen LogP contribution in [0.2, 0.25) is 0 Å². The number of anilines is 5. The SMILES string of the molecule is CC(=O)N1CCN(c2nc(Nc3ccc(N(Cc4ccccc4)S(=O)(=O)c4ccc(C)cc4)c(O)c3)nc(N3CCCCC3)n2)CC1. The zero-order chi connectivity index (χ0) is 33.0. The van der Waals surface area contributed by atoms with Crippen molar-refractivity contribution in [3.63, 3.8) is 0 Å². The molecule has 4 aromatic rings. The summed E-state index contributed by atoms with van der Waals surface area (Å²) in [5, 5.41) is 14.5. The molecule has 0 atom stereocenters. The van der Waals surface area contributed by atoms with Crippen molar-refractivity contribution in [3.8, 4) is 5.75 Å². The van der Waals surface area contributed by atoms with Gasteiger partial charge in [0, 0.05) is 57.9 Å². The molecule has 2 aliphatic rings. The molecule has 2 N–H and O–H groups in total. The fourth-order valence-corrected chi connectivity index (χ4v) is 7.30. The quantitative estimate of drug-likeness (QED) is 0.261. The van der Waals surface area contributed by atoms with Crippen molar-refractivity contribution in [1.29, 1.82) is 0 Å². The fraction of sp³-hybridized carbons (Fsp3) is 0.353. The number of piperazine rings is 1. The molecular weight excluding hydrogens is 616 g/mol. The lowest BCUT2D eigenvalue weighted by Gasteiger charge is -2.35. The Hall–Kier alpha value is -4.91. The van der Waals surface area contributed by atoms with E-state index in [9.17, 15) is 18.3 Å². The Morgan fingerprint density at radius 3 is 2.09 bits per heavy atom. The predicted octanol–water partition coefficient (Wildman–Crippen LogP) is 4.68. The first kappa shape index (κ1) is 32.0. The first-order valence-corrected chi connectivity index (χ1v) is 17.4. The van der Waals surface area contributed by atoms with Gasteiger partial charge in [0.15, 0.2) is 0 Å². The van der Waals surface area contributed by atoms with E-state index in [1.54, 1.807) is 43.3 Å². The summed E-state index contributed by atoms with van der Waals surface area (Å²) in [5.41, 5.74) is 2.35. The van der Waals surface area contributed by atoms with Crippen LogP contribution in [0.3, 0.4) is 0 Å². The van der Waals surface area contributed by atoms with Crippen LogP contribution in [0, 0.1) is 6.92 Å². The van der Waals surface area contributed by atoms with Crippen molar-refractivity contribution in [2.75, 3.05) is 58.7 Å². The zero-order valence-electron chi connectivity index (χ0n) is 26.7. The summed E-state index contributed by atoms with van der Waals surface area (Å²) >= 11 is 0. The van der Waals surface area contributed by atoms with Gasteiger partial charge in [0.1, 0.15) is 5.75 Å². The topological polar surface area (TPSA) is 135 Å². The molecule has 1 amide bonds. The Morgan fingerprint density at radius 1 is 0.830 bits per heavy atom. The Bertz CT molecular complexity index is 1810. The minimum Gasteiger partial charge on any atom is -0.506 e. The van der Waals surface area contributed by atoms with E-state index in [-0.39, 0.29) is 28.8 Å². The number of phenols is 1. The second-order valence-electron chi connectivity index (χ2n) is 11.9. The number of aromatic nitrogens is 3. The van der Waals surface area contributed by atoms with Gasteiger partial charge in [-0.2, -0.15) is 15.0 Å². The van der Waals surface area contributed by atoms with Crippen LogP contribution in [0.15, 0.2) is 77.7 Å². The lowest BCUT2D eigenvalue weighted by atomic mass is 10.1. The summed E-state index contributed by atoms with van der Waals surface area (Å²) in [6, 6.07) is 20.7. The molecule has 0 unspecified atom stereocenters. The summed E-state index contributed by atoms with van der Waals surface area (Å²) in [6.07, 6.45) is 3.28. The smallest absolute Gasteiger partial charge is 0.264 e. The highest BCUT2D eigenvalue weighted by Gasteiger charge is 2.28. The monoisotopic (exact) mass is 656 g/mol. The highest BCUT2D eigenvalue weighted by Crippen LogP contribution is 2.36. The predicted molar refractivity (Wildman–Crippen MR) is 183 cm³/mol. The van der Waals surface area contributed by atoms with Crippen LogP contribution >= 0.6 is 0 Å². The normalized spacial score (nSPS) is 15.4. The molecule has 0 bridgehead atoms. The maximum absolute atomic E-state index is 14.0. The number of piperidine rings is 1. The van der Waals surface area contributed by atoms with Crippen molar-refractivity contribution < 1.29 is 18.3 Å². The van der Waals surface area contributed by atoms with E-state index in [0.29, 0.717) is 49.7 Å². The minimum absolute atomic E-state index is 0.0320. The summed E-state index contributed by atoms with van der Waals surface area (Å²) in [6.45, 7) is 7.59. The number of nitrogens with zero attached hydrogens (tertiary/aromatic N) is 7. The number of carbonyl (C=O) groups excluding carboxylic acids is 1. The third-order valence-corrected chi connectivity index (χ3v) is 10.3. The van der Waals surface area contributed by atoms with Crippen LogP contribution < -0.4 is 19.4 Å². The molecule has 3 aromatic carbocycles. The van der Waals surface area contributed by atoms with Gasteiger partial charge in [-0.3, -0.25) is 9.10 Å². The van der Waals surface area contributed by atoms with Gasteiger partial charge in [-0.1, -0.05) is 48.0 Å². The number of hydrogen-bond donors (Lipinski definition) is 2. The first-order chi connectivity index (χ1) is 22.7. The number of rotatable bonds is 9. The van der Waals surface area contributed by atoms with E-state index in [4.69, 9.17) is 15.0 Å². The van der Waals surface area contributed by atoms with Crippen LogP contribution in [0.4, 0.5) is 29.2 Å². The molecular formula is C34H40N8O4S. The highest BCUT2D eigenvalue weighted by atomic mass is 32.2. The second-order valence-corrected chi connectivity index (χ2v) is 13.8. The molecule has 0 spiro atoms. The van der Waals surface area contributed by atoms with Crippen molar-refractivity contribution in [2.24, 2.45) is 0 Å². The number of nitrogens with one attached hydrogen (secondary N) is 1. The molecule has 13 heteroatoms. The molecule has 0 aliphatic carbocycles. The van der Waals surface area contributed by atoms with Gasteiger partial charge in [0.2, 0.25) is 23.8 Å². The summed E-state index contributed by atoms with van der Waals surface area (Å²) in [4.78, 5) is 32.3.